The summed E-state index contributed by atoms with van der Waals surface area (Å²) in [5.41, 5.74) is 0. The van der Waals surface area contributed by atoms with Crippen LogP contribution in [0, 0.1) is 0 Å². The summed E-state index contributed by atoms with van der Waals surface area (Å²) < 4.78 is 3.09. The van der Waals surface area contributed by atoms with Gasteiger partial charge in [0.25, 0.3) is 0 Å². The molecule has 0 aliphatic heterocycles. The van der Waals surface area contributed by atoms with Gasteiger partial charge < -0.3 is 0 Å². The van der Waals surface area contributed by atoms with Crippen LogP contribution in [0.4, 0.5) is 0 Å². The van der Waals surface area contributed by atoms with Crippen LogP contribution in [-0.4, -0.2) is 34.1 Å². The second-order valence-corrected chi connectivity index (χ2v) is 14.5. The van der Waals surface area contributed by atoms with Crippen molar-refractivity contribution in [2.45, 2.75) is 22.8 Å². The minimum absolute atomic E-state index is 0.615. The fraction of sp³-hybridized carbons (Fsp3) is 1.00. The molecule has 0 aromatic rings. The van der Waals surface area contributed by atoms with Gasteiger partial charge in [-0.05, 0) is 0 Å². The van der Waals surface area contributed by atoms with Gasteiger partial charge in [-0.25, -0.2) is 0 Å². The first kappa shape index (κ1) is 7.58. The molecule has 0 nitrogen and oxygen atoms in total. The fourth-order valence-corrected chi connectivity index (χ4v) is 7.50. The van der Waals surface area contributed by atoms with E-state index in [-0.39, 0.29) is 0 Å². The first-order valence-electron chi connectivity index (χ1n) is 2.16. The van der Waals surface area contributed by atoms with Crippen molar-refractivity contribution >= 4 is 34.1 Å². The molecule has 0 saturated heterocycles. The Morgan fingerprint density at radius 1 is 1.00 bits per heavy atom. The predicted octanol–water partition coefficient (Wildman–Crippen LogP) is 1.19. The third-order valence-corrected chi connectivity index (χ3v) is 14.4. The number of hydrogen-bond donors (Lipinski definition) is 0. The molecule has 0 radical (unpaired) electrons. The molecule has 2 heteroatoms. The van der Waals surface area contributed by atoms with E-state index in [2.05, 4.69) is 13.8 Å². The van der Waals surface area contributed by atoms with Crippen LogP contribution >= 0.6 is 0 Å². The van der Waals surface area contributed by atoms with Gasteiger partial charge in [-0.2, -0.15) is 0 Å². The molecule has 0 fully saturated rings. The van der Waals surface area contributed by atoms with E-state index >= 15 is 0 Å². The second kappa shape index (κ2) is 6.58. The average molecular weight is 313 g/mol. The number of hydrogen-bond acceptors (Lipinski definition) is 0. The molecule has 0 atom stereocenters. The Morgan fingerprint density at radius 2 is 1.33 bits per heavy atom. The van der Waals surface area contributed by atoms with E-state index in [1.54, 1.807) is 8.94 Å². The third-order valence-electron chi connectivity index (χ3n) is 0.319. The van der Waals surface area contributed by atoms with Crippen molar-refractivity contribution in [3.05, 3.63) is 0 Å². The van der Waals surface area contributed by atoms with Gasteiger partial charge in [-0.1, -0.05) is 0 Å². The molecular formula is C4H10Te2. The van der Waals surface area contributed by atoms with Gasteiger partial charge in [0.05, 0.1) is 0 Å². The van der Waals surface area contributed by atoms with Crippen molar-refractivity contribution < 1.29 is 0 Å². The number of rotatable bonds is 3. The van der Waals surface area contributed by atoms with E-state index in [4.69, 9.17) is 0 Å². The Hall–Kier alpha value is 1.58. The summed E-state index contributed by atoms with van der Waals surface area (Å²) in [7, 11) is 0. The maximum absolute atomic E-state index is 2.32. The van der Waals surface area contributed by atoms with E-state index < -0.39 is 0 Å². The van der Waals surface area contributed by atoms with Crippen LogP contribution in [0.1, 0.15) is 13.8 Å². The van der Waals surface area contributed by atoms with Gasteiger partial charge in [0.2, 0.25) is 0 Å². The molecule has 0 bridgehead atoms. The van der Waals surface area contributed by atoms with Crippen molar-refractivity contribution in [1.82, 2.24) is 0 Å². The SMILES string of the molecule is CC[Te][Te]CC. The molecule has 0 spiro atoms. The van der Waals surface area contributed by atoms with Gasteiger partial charge in [0.15, 0.2) is 0 Å². The summed E-state index contributed by atoms with van der Waals surface area (Å²) >= 11 is 1.23. The summed E-state index contributed by atoms with van der Waals surface area (Å²) in [6.45, 7) is 4.64. The predicted molar refractivity (Wildman–Crippen MR) is 32.5 cm³/mol. The Kier molecular flexibility index (Phi) is 8.31. The summed E-state index contributed by atoms with van der Waals surface area (Å²) in [6.07, 6.45) is 0. The molecule has 0 N–H and O–H groups in total. The van der Waals surface area contributed by atoms with Gasteiger partial charge in [0.1, 0.15) is 0 Å². The van der Waals surface area contributed by atoms with Crippen LogP contribution in [0.15, 0.2) is 0 Å². The zero-order valence-corrected chi connectivity index (χ0v) is 8.89. The first-order chi connectivity index (χ1) is 2.91. The Bertz CT molecular complexity index is 17.5. The fourth-order valence-electron chi connectivity index (χ4n) is 0.167. The van der Waals surface area contributed by atoms with Crippen LogP contribution in [0.3, 0.4) is 0 Å². The van der Waals surface area contributed by atoms with Crippen LogP contribution in [0.25, 0.3) is 0 Å². The monoisotopic (exact) mass is 318 g/mol. The van der Waals surface area contributed by atoms with Crippen molar-refractivity contribution in [2.24, 2.45) is 0 Å². The summed E-state index contributed by atoms with van der Waals surface area (Å²) in [6, 6.07) is 0. The average Bonchev–Trinajstić information content (AvgIpc) is 1.61. The van der Waals surface area contributed by atoms with Gasteiger partial charge in [0, 0.05) is 0 Å². The molecule has 0 aliphatic rings. The van der Waals surface area contributed by atoms with Crippen molar-refractivity contribution in [2.75, 3.05) is 0 Å². The molecular weight excluding hydrogens is 303 g/mol. The van der Waals surface area contributed by atoms with E-state index in [1.165, 1.54) is 0 Å². The van der Waals surface area contributed by atoms with Gasteiger partial charge in [-0.15, -0.1) is 0 Å². The van der Waals surface area contributed by atoms with Gasteiger partial charge in [-0.3, -0.25) is 0 Å². The minimum atomic E-state index is 0.615. The molecule has 6 heavy (non-hydrogen) atoms. The molecule has 38 valence electrons. The maximum atomic E-state index is 2.32. The molecule has 0 saturated carbocycles. The quantitative estimate of drug-likeness (QED) is 0.542. The molecule has 0 rings (SSSR count). The van der Waals surface area contributed by atoms with Crippen LogP contribution in [-0.2, 0) is 0 Å². The van der Waals surface area contributed by atoms with E-state index in [1.807, 2.05) is 0 Å². The summed E-state index contributed by atoms with van der Waals surface area (Å²) in [5.74, 6) is 0. The topological polar surface area (TPSA) is 0 Å². The van der Waals surface area contributed by atoms with E-state index in [9.17, 15) is 0 Å². The second-order valence-electron chi connectivity index (χ2n) is 0.813. The standard InChI is InChI=1S/C4H10Te2/c1-3-5-6-4-2/h3-4H2,1-2H3. The van der Waals surface area contributed by atoms with E-state index in [0.717, 1.165) is 0 Å². The molecule has 0 aromatic heterocycles. The van der Waals surface area contributed by atoms with Crippen molar-refractivity contribution in [1.29, 1.82) is 0 Å². The Labute approximate surface area is 56.4 Å². The zero-order valence-electron chi connectivity index (χ0n) is 4.23. The normalized spacial score (nSPS) is 9.00. The van der Waals surface area contributed by atoms with Crippen LogP contribution in [0.2, 0.25) is 8.94 Å². The molecule has 0 unspecified atom stereocenters. The van der Waals surface area contributed by atoms with Crippen LogP contribution in [0.5, 0.6) is 0 Å². The van der Waals surface area contributed by atoms with Crippen molar-refractivity contribution in [3.8, 4) is 0 Å². The third kappa shape index (κ3) is 5.58. The molecule has 0 aromatic carbocycles. The van der Waals surface area contributed by atoms with Crippen molar-refractivity contribution in [3.63, 3.8) is 0 Å². The molecule has 0 heterocycles. The first-order valence-corrected chi connectivity index (χ1v) is 12.8. The zero-order chi connectivity index (χ0) is 4.83. The van der Waals surface area contributed by atoms with Crippen LogP contribution < -0.4 is 0 Å². The van der Waals surface area contributed by atoms with E-state index in [0.29, 0.717) is 34.1 Å². The summed E-state index contributed by atoms with van der Waals surface area (Å²) in [4.78, 5) is 0. The molecule has 0 aliphatic carbocycles. The molecule has 0 amide bonds. The summed E-state index contributed by atoms with van der Waals surface area (Å²) in [5, 5.41) is 0. The Balaban J connectivity index is 2.34. The Morgan fingerprint density at radius 3 is 1.50 bits per heavy atom. The van der Waals surface area contributed by atoms with Gasteiger partial charge >= 0.3 is 56.9 Å².